The lowest BCUT2D eigenvalue weighted by Crippen LogP contribution is -2.58. The summed E-state index contributed by atoms with van der Waals surface area (Å²) < 4.78 is 0. The predicted molar refractivity (Wildman–Crippen MR) is 111 cm³/mol. The molecule has 1 unspecified atom stereocenters. The van der Waals surface area contributed by atoms with Crippen LogP contribution in [0.3, 0.4) is 0 Å². The molecule has 1 aliphatic carbocycles. The summed E-state index contributed by atoms with van der Waals surface area (Å²) in [6, 6.07) is 5.41. The summed E-state index contributed by atoms with van der Waals surface area (Å²) in [6.07, 6.45) is 3.17. The highest BCUT2D eigenvalue weighted by molar-refractivity contribution is 6.33. The van der Waals surface area contributed by atoms with Crippen molar-refractivity contribution in [3.63, 3.8) is 0 Å². The van der Waals surface area contributed by atoms with Gasteiger partial charge in [0.15, 0.2) is 5.92 Å². The molecular weight excluding hydrogens is 394 g/mol. The van der Waals surface area contributed by atoms with E-state index in [1.54, 1.807) is 12.1 Å². The van der Waals surface area contributed by atoms with Crippen LogP contribution in [0.4, 0.5) is 10.5 Å². The van der Waals surface area contributed by atoms with Gasteiger partial charge in [-0.05, 0) is 54.4 Å². The average molecular weight is 420 g/mol. The van der Waals surface area contributed by atoms with Gasteiger partial charge in [0.05, 0.1) is 11.8 Å². The number of hydrogen-bond donors (Lipinski definition) is 2. The topological polar surface area (TPSA) is 99.1 Å². The van der Waals surface area contributed by atoms with Gasteiger partial charge in [0.1, 0.15) is 0 Å². The number of imide groups is 2. The van der Waals surface area contributed by atoms with Crippen molar-refractivity contribution < 1.29 is 19.5 Å². The molecule has 1 aromatic carbocycles. The Bertz CT molecular complexity index is 852. The van der Waals surface area contributed by atoms with Gasteiger partial charge in [0.2, 0.25) is 5.91 Å². The second-order valence-electron chi connectivity index (χ2n) is 9.13. The van der Waals surface area contributed by atoms with Gasteiger partial charge in [0.25, 0.3) is 5.91 Å². The van der Waals surface area contributed by atoms with Crippen LogP contribution in [0.25, 0.3) is 0 Å². The molecule has 1 aromatic rings. The third kappa shape index (κ3) is 4.85. The Hall–Kier alpha value is -2.25. The van der Waals surface area contributed by atoms with E-state index in [4.69, 9.17) is 11.6 Å². The fourth-order valence-electron chi connectivity index (χ4n) is 4.63. The van der Waals surface area contributed by atoms with E-state index in [9.17, 15) is 19.5 Å². The Kier molecular flexibility index (Phi) is 5.83. The van der Waals surface area contributed by atoms with Gasteiger partial charge in [0, 0.05) is 17.8 Å². The monoisotopic (exact) mass is 419 g/mol. The zero-order chi connectivity index (χ0) is 21.4. The molecule has 4 amide bonds. The number of nitrogens with one attached hydrogen (secondary N) is 1. The predicted octanol–water partition coefficient (Wildman–Crippen LogP) is 3.19. The molecule has 2 N–H and O–H groups in total. The summed E-state index contributed by atoms with van der Waals surface area (Å²) in [6.45, 7) is 6.68. The number of benzene rings is 1. The highest BCUT2D eigenvalue weighted by Crippen LogP contribution is 2.46. The van der Waals surface area contributed by atoms with Gasteiger partial charge in [-0.3, -0.25) is 19.9 Å². The number of carbonyl (C=O) groups is 3. The lowest BCUT2D eigenvalue weighted by Gasteiger charge is -2.44. The van der Waals surface area contributed by atoms with E-state index >= 15 is 0 Å². The van der Waals surface area contributed by atoms with Crippen LogP contribution < -0.4 is 10.2 Å². The second kappa shape index (κ2) is 7.88. The zero-order valence-corrected chi connectivity index (χ0v) is 17.6. The number of aliphatic hydroxyl groups is 1. The number of urea groups is 1. The number of halogens is 1. The lowest BCUT2D eigenvalue weighted by atomic mass is 9.63. The van der Waals surface area contributed by atoms with Crippen LogP contribution in [0.15, 0.2) is 29.3 Å². The molecule has 8 heteroatoms. The third-order valence-electron chi connectivity index (χ3n) is 5.44. The number of anilines is 1. The number of aliphatic imine (C=N–C) groups is 1. The van der Waals surface area contributed by atoms with Crippen molar-refractivity contribution in [2.45, 2.75) is 46.1 Å². The fraction of sp³-hybridized carbons (Fsp3) is 0.524. The molecule has 3 atom stereocenters. The molecule has 0 bridgehead atoms. The molecule has 0 aromatic heterocycles. The number of barbiturate groups is 1. The van der Waals surface area contributed by atoms with Gasteiger partial charge in [-0.2, -0.15) is 0 Å². The average Bonchev–Trinajstić information content (AvgIpc) is 2.57. The van der Waals surface area contributed by atoms with Crippen molar-refractivity contribution in [3.8, 4) is 0 Å². The normalized spacial score (nSPS) is 30.0. The summed E-state index contributed by atoms with van der Waals surface area (Å²) >= 11 is 5.86. The molecule has 0 spiro atoms. The molecule has 1 heterocycles. The molecule has 29 heavy (non-hydrogen) atoms. The maximum Gasteiger partial charge on any atom is 0.335 e. The molecule has 7 nitrogen and oxygen atoms in total. The van der Waals surface area contributed by atoms with Crippen LogP contribution in [-0.4, -0.2) is 41.8 Å². The molecule has 1 saturated carbocycles. The second-order valence-corrected chi connectivity index (χ2v) is 9.56. The van der Waals surface area contributed by atoms with Crippen molar-refractivity contribution in [1.82, 2.24) is 5.32 Å². The fourth-order valence-corrected chi connectivity index (χ4v) is 4.76. The molecule has 1 aliphatic heterocycles. The molecule has 2 aliphatic rings. The van der Waals surface area contributed by atoms with E-state index in [1.807, 2.05) is 0 Å². The van der Waals surface area contributed by atoms with E-state index in [2.05, 4.69) is 31.1 Å². The minimum Gasteiger partial charge on any atom is -0.393 e. The first-order valence-corrected chi connectivity index (χ1v) is 10.00. The van der Waals surface area contributed by atoms with Crippen molar-refractivity contribution in [1.29, 1.82) is 0 Å². The molecule has 156 valence electrons. The van der Waals surface area contributed by atoms with Crippen molar-refractivity contribution in [2.75, 3.05) is 11.4 Å². The van der Waals surface area contributed by atoms with Crippen LogP contribution in [0.2, 0.25) is 5.02 Å². The minimum absolute atomic E-state index is 0.00221. The molecule has 1 saturated heterocycles. The molecule has 0 radical (unpaired) electrons. The van der Waals surface area contributed by atoms with Gasteiger partial charge >= 0.3 is 6.03 Å². The van der Waals surface area contributed by atoms with E-state index in [0.29, 0.717) is 23.7 Å². The van der Waals surface area contributed by atoms with Crippen molar-refractivity contribution >= 4 is 41.3 Å². The molecular formula is C21H26ClN3O4. The first-order valence-electron chi connectivity index (χ1n) is 9.62. The number of aliphatic hydroxyl groups excluding tert-OH is 1. The highest BCUT2D eigenvalue weighted by atomic mass is 35.5. The van der Waals surface area contributed by atoms with E-state index in [1.165, 1.54) is 18.3 Å². The Labute approximate surface area is 175 Å². The van der Waals surface area contributed by atoms with Crippen molar-refractivity contribution in [2.24, 2.45) is 21.7 Å². The number of amides is 4. The van der Waals surface area contributed by atoms with Crippen LogP contribution >= 0.6 is 11.6 Å². The summed E-state index contributed by atoms with van der Waals surface area (Å²) in [5.41, 5.74) is 0.0990. The standard InChI is InChI=1S/C21H26ClN3O4/c1-20(2)8-15(26)9-21(3,11-20)12-23-10-16-17(27)24-19(29)25(18(16)28)14-6-4-13(22)5-7-14/h4-7,10,15-16,26H,8-9,11-12H2,1-3H3,(H,24,27,29)/t15-,16?,21+/m1/s1. The van der Waals surface area contributed by atoms with Gasteiger partial charge in [-0.15, -0.1) is 0 Å². The van der Waals surface area contributed by atoms with E-state index in [0.717, 1.165) is 17.7 Å². The van der Waals surface area contributed by atoms with Crippen LogP contribution in [0.5, 0.6) is 0 Å². The highest BCUT2D eigenvalue weighted by Gasteiger charge is 2.42. The Morgan fingerprint density at radius 1 is 1.21 bits per heavy atom. The maximum absolute atomic E-state index is 12.8. The third-order valence-corrected chi connectivity index (χ3v) is 5.69. The zero-order valence-electron chi connectivity index (χ0n) is 16.8. The number of carbonyl (C=O) groups excluding carboxylic acids is 3. The number of hydrogen-bond acceptors (Lipinski definition) is 5. The lowest BCUT2D eigenvalue weighted by molar-refractivity contribution is -0.131. The molecule has 2 fully saturated rings. The minimum atomic E-state index is -1.19. The smallest absolute Gasteiger partial charge is 0.335 e. The number of nitrogens with zero attached hydrogens (tertiary/aromatic N) is 2. The summed E-state index contributed by atoms with van der Waals surface area (Å²) in [5, 5.41) is 12.9. The van der Waals surface area contributed by atoms with Crippen LogP contribution in [0.1, 0.15) is 40.0 Å². The van der Waals surface area contributed by atoms with Gasteiger partial charge in [-0.25, -0.2) is 9.69 Å². The first-order chi connectivity index (χ1) is 13.5. The summed E-state index contributed by atoms with van der Waals surface area (Å²) in [4.78, 5) is 42.6. The largest absolute Gasteiger partial charge is 0.393 e. The van der Waals surface area contributed by atoms with Crippen molar-refractivity contribution in [3.05, 3.63) is 29.3 Å². The van der Waals surface area contributed by atoms with Crippen LogP contribution in [0, 0.1) is 16.7 Å². The summed E-state index contributed by atoms with van der Waals surface area (Å²) in [5.74, 6) is -2.53. The maximum atomic E-state index is 12.8. The molecule has 3 rings (SSSR count). The first kappa shape index (κ1) is 21.5. The van der Waals surface area contributed by atoms with Crippen LogP contribution in [-0.2, 0) is 9.59 Å². The van der Waals surface area contributed by atoms with E-state index < -0.39 is 29.9 Å². The quantitative estimate of drug-likeness (QED) is 0.578. The van der Waals surface area contributed by atoms with Gasteiger partial charge < -0.3 is 5.11 Å². The Balaban J connectivity index is 1.75. The SMILES string of the molecule is CC1(C)C[C@@H](O)C[C@](C)(CN=CC2C(=O)NC(=O)N(c3ccc(Cl)cc3)C2=O)C1. The summed E-state index contributed by atoms with van der Waals surface area (Å²) in [7, 11) is 0. The van der Waals surface area contributed by atoms with Gasteiger partial charge in [-0.1, -0.05) is 32.4 Å². The number of rotatable bonds is 4. The van der Waals surface area contributed by atoms with E-state index in [-0.39, 0.29) is 10.8 Å². The Morgan fingerprint density at radius 2 is 1.86 bits per heavy atom. The Morgan fingerprint density at radius 3 is 2.48 bits per heavy atom.